The highest BCUT2D eigenvalue weighted by molar-refractivity contribution is 8.01. The predicted molar refractivity (Wildman–Crippen MR) is 118 cm³/mol. The van der Waals surface area contributed by atoms with E-state index in [-0.39, 0.29) is 40.4 Å². The fourth-order valence-electron chi connectivity index (χ4n) is 3.25. The minimum atomic E-state index is -4.07. The average molecular weight is 525 g/mol. The van der Waals surface area contributed by atoms with Crippen LogP contribution in [0.25, 0.3) is 0 Å². The number of tetrazole rings is 1. The van der Waals surface area contributed by atoms with Crippen molar-refractivity contribution in [2.45, 2.75) is 28.7 Å². The molecule has 2 aliphatic heterocycles. The number of aromatic amines is 1. The lowest BCUT2D eigenvalue weighted by Gasteiger charge is -2.50. The van der Waals surface area contributed by atoms with Crippen LogP contribution in [-0.4, -0.2) is 101 Å². The number of amides is 2. The highest BCUT2D eigenvalue weighted by Crippen LogP contribution is 2.50. The van der Waals surface area contributed by atoms with E-state index in [1.165, 1.54) is 23.5 Å². The fraction of sp³-hybridized carbons (Fsp3) is 0.600. The van der Waals surface area contributed by atoms with Crippen LogP contribution in [0.3, 0.4) is 0 Å². The molecule has 1 fully saturated rings. The van der Waals surface area contributed by atoms with Gasteiger partial charge in [-0.2, -0.15) is 17.0 Å². The summed E-state index contributed by atoms with van der Waals surface area (Å²) in [6, 6.07) is -0.828. The van der Waals surface area contributed by atoms with Gasteiger partial charge in [-0.15, -0.1) is 22.0 Å². The average Bonchev–Trinajstić information content (AvgIpc) is 3.23. The van der Waals surface area contributed by atoms with Gasteiger partial charge in [0.05, 0.1) is 18.5 Å². The lowest BCUT2D eigenvalue weighted by molar-refractivity contribution is -0.150. The zero-order valence-electron chi connectivity index (χ0n) is 17.0. The summed E-state index contributed by atoms with van der Waals surface area (Å²) in [5, 5.41) is 24.6. The van der Waals surface area contributed by atoms with E-state index in [2.05, 4.69) is 25.9 Å². The zero-order valence-corrected chi connectivity index (χ0v) is 20.3. The molecule has 0 bridgehead atoms. The third kappa shape index (κ3) is 5.48. The van der Waals surface area contributed by atoms with Crippen molar-refractivity contribution in [2.24, 2.45) is 0 Å². The Morgan fingerprint density at radius 3 is 2.84 bits per heavy atom. The Bertz CT molecular complexity index is 961. The number of hydrogen-bond acceptors (Lipinski definition) is 11. The van der Waals surface area contributed by atoms with Crippen LogP contribution in [-0.2, 0) is 23.5 Å². The zero-order chi connectivity index (χ0) is 23.5. The number of fused-ring (bicyclic) bond motifs is 1. The molecule has 4 atom stereocenters. The van der Waals surface area contributed by atoms with Crippen LogP contribution < -0.4 is 5.32 Å². The van der Waals surface area contributed by atoms with Crippen molar-refractivity contribution in [1.29, 1.82) is 0 Å². The first-order chi connectivity index (χ1) is 15.2. The van der Waals surface area contributed by atoms with Crippen molar-refractivity contribution in [1.82, 2.24) is 30.8 Å². The Morgan fingerprint density at radius 1 is 1.50 bits per heavy atom. The summed E-state index contributed by atoms with van der Waals surface area (Å²) in [6.07, 6.45) is 1.35. The largest absolute Gasteiger partial charge is 0.477 e. The Morgan fingerprint density at radius 2 is 2.25 bits per heavy atom. The van der Waals surface area contributed by atoms with Crippen molar-refractivity contribution in [3.05, 3.63) is 11.3 Å². The molecule has 32 heavy (non-hydrogen) atoms. The second kappa shape index (κ2) is 10.6. The van der Waals surface area contributed by atoms with Gasteiger partial charge >= 0.3 is 13.6 Å². The molecule has 3 rings (SSSR count). The van der Waals surface area contributed by atoms with Gasteiger partial charge in [-0.3, -0.25) is 19.1 Å². The fourth-order valence-corrected chi connectivity index (χ4v) is 7.91. The van der Waals surface area contributed by atoms with E-state index in [1.807, 2.05) is 0 Å². The number of thioether (sulfide) groups is 3. The van der Waals surface area contributed by atoms with Gasteiger partial charge in [-0.25, -0.2) is 4.79 Å². The number of aromatic nitrogens is 4. The van der Waals surface area contributed by atoms with Crippen LogP contribution in [0.1, 0.15) is 6.92 Å². The molecule has 13 nitrogen and oxygen atoms in total. The SMILES string of the molecule is CCOP(=O)(O)CC(Sc1nn[nH]n1)C1=C(C(=O)O)N2C(=O)[C@@H](NC(=O)CSC)[C@@H]2SC1. The first kappa shape index (κ1) is 25.1. The molecule has 2 unspecified atom stereocenters. The van der Waals surface area contributed by atoms with Crippen LogP contribution in [0.4, 0.5) is 0 Å². The van der Waals surface area contributed by atoms with E-state index < -0.39 is 42.3 Å². The molecule has 17 heteroatoms. The van der Waals surface area contributed by atoms with E-state index in [1.54, 1.807) is 13.2 Å². The maximum Gasteiger partial charge on any atom is 0.352 e. The van der Waals surface area contributed by atoms with E-state index in [0.717, 1.165) is 16.7 Å². The number of nitrogens with one attached hydrogen (secondary N) is 2. The van der Waals surface area contributed by atoms with Crippen molar-refractivity contribution in [3.63, 3.8) is 0 Å². The summed E-state index contributed by atoms with van der Waals surface area (Å²) in [5.41, 5.74) is -0.00335. The second-order valence-corrected chi connectivity index (χ2v) is 11.6. The number of H-pyrrole nitrogens is 1. The minimum absolute atomic E-state index is 0.00291. The summed E-state index contributed by atoms with van der Waals surface area (Å²) < 4.78 is 17.4. The van der Waals surface area contributed by atoms with Gasteiger partial charge in [0, 0.05) is 11.0 Å². The van der Waals surface area contributed by atoms with E-state index >= 15 is 0 Å². The molecule has 1 saturated heterocycles. The first-order valence-corrected chi connectivity index (χ1v) is 14.3. The molecule has 4 N–H and O–H groups in total. The number of rotatable bonds is 11. The first-order valence-electron chi connectivity index (χ1n) is 9.24. The van der Waals surface area contributed by atoms with Crippen molar-refractivity contribution < 1.29 is 33.5 Å². The molecule has 0 saturated carbocycles. The van der Waals surface area contributed by atoms with E-state index in [4.69, 9.17) is 4.52 Å². The number of carboxylic acids is 1. The van der Waals surface area contributed by atoms with Gasteiger partial charge in [0.25, 0.3) is 5.91 Å². The second-order valence-electron chi connectivity index (χ2n) is 6.61. The van der Waals surface area contributed by atoms with Crippen LogP contribution in [0.15, 0.2) is 16.4 Å². The Balaban J connectivity index is 1.92. The quantitative estimate of drug-likeness (QED) is 0.172. The third-order valence-electron chi connectivity index (χ3n) is 4.48. The smallest absolute Gasteiger partial charge is 0.352 e. The maximum absolute atomic E-state index is 12.7. The molecule has 0 spiro atoms. The van der Waals surface area contributed by atoms with E-state index in [9.17, 15) is 28.9 Å². The summed E-state index contributed by atoms with van der Waals surface area (Å²) in [7, 11) is -4.07. The molecule has 176 valence electrons. The lowest BCUT2D eigenvalue weighted by atomic mass is 10.0. The lowest BCUT2D eigenvalue weighted by Crippen LogP contribution is -2.71. The van der Waals surface area contributed by atoms with Crippen molar-refractivity contribution >= 4 is 60.7 Å². The summed E-state index contributed by atoms with van der Waals surface area (Å²) in [4.78, 5) is 48.1. The molecule has 1 aromatic heterocycles. The number of carbonyl (C=O) groups excluding carboxylic acids is 2. The van der Waals surface area contributed by atoms with Gasteiger partial charge in [0.1, 0.15) is 17.1 Å². The summed E-state index contributed by atoms with van der Waals surface area (Å²) >= 11 is 3.52. The van der Waals surface area contributed by atoms with Crippen LogP contribution in [0, 0.1) is 0 Å². The van der Waals surface area contributed by atoms with Crippen molar-refractivity contribution in [3.8, 4) is 0 Å². The topological polar surface area (TPSA) is 188 Å². The highest BCUT2D eigenvalue weighted by atomic mass is 32.2. The highest BCUT2D eigenvalue weighted by Gasteiger charge is 2.55. The van der Waals surface area contributed by atoms with Crippen molar-refractivity contribution in [2.75, 3.05) is 30.5 Å². The number of carbonyl (C=O) groups is 3. The molecule has 2 amide bonds. The molecule has 0 radical (unpaired) electrons. The Kier molecular flexibility index (Phi) is 8.27. The Hall–Kier alpha value is -1.58. The normalized spacial score (nSPS) is 23.2. The Labute approximate surface area is 195 Å². The number of β-lactam (4-membered cyclic amide) rings is 1. The molecule has 3 heterocycles. The van der Waals surface area contributed by atoms with Crippen LogP contribution in [0.2, 0.25) is 0 Å². The molecule has 1 aromatic rings. The molecular formula is C15H21N6O7PS3. The van der Waals surface area contributed by atoms with Gasteiger partial charge in [0.15, 0.2) is 0 Å². The monoisotopic (exact) mass is 524 g/mol. The maximum atomic E-state index is 12.7. The van der Waals surface area contributed by atoms with Gasteiger partial charge in [-0.1, -0.05) is 11.8 Å². The molecule has 0 aliphatic carbocycles. The van der Waals surface area contributed by atoms with Gasteiger partial charge in [0.2, 0.25) is 11.1 Å². The predicted octanol–water partition coefficient (Wildman–Crippen LogP) is -0.0161. The van der Waals surface area contributed by atoms with Gasteiger partial charge in [-0.05, 0) is 24.0 Å². The summed E-state index contributed by atoms with van der Waals surface area (Å²) in [5.74, 6) is -1.87. The number of nitrogens with zero attached hydrogens (tertiary/aromatic N) is 4. The molecular weight excluding hydrogens is 503 g/mol. The minimum Gasteiger partial charge on any atom is -0.477 e. The molecule has 0 aromatic carbocycles. The van der Waals surface area contributed by atoms with Crippen LogP contribution >= 0.6 is 42.9 Å². The number of aliphatic carboxylic acids is 1. The van der Waals surface area contributed by atoms with E-state index in [0.29, 0.717) is 0 Å². The number of hydrogen-bond donors (Lipinski definition) is 4. The molecule has 2 aliphatic rings. The standard InChI is InChI=1S/C15H21N6O7PS3/c1-3-28-29(26,27)4-8(32-15-17-19-20-18-15)7-5-31-13-10(16-9(22)6-30-2)12(23)21(13)11(7)14(24)25/h8,10,13H,3-6H2,1-2H3,(H,16,22)(H,24,25)(H,26,27)(H,17,18,19,20)/t8?,10-,13+/m1/s1. The summed E-state index contributed by atoms with van der Waals surface area (Å²) in [6.45, 7) is 1.56. The third-order valence-corrected chi connectivity index (χ3v) is 9.19. The van der Waals surface area contributed by atoms with Gasteiger partial charge < -0.3 is 19.8 Å². The van der Waals surface area contributed by atoms with Crippen LogP contribution in [0.5, 0.6) is 0 Å². The number of carboxylic acid groups (broad SMARTS) is 1.